The summed E-state index contributed by atoms with van der Waals surface area (Å²) >= 11 is 12.4. The van der Waals surface area contributed by atoms with Crippen molar-refractivity contribution >= 4 is 45.5 Å². The molecule has 1 aromatic carbocycles. The Balaban J connectivity index is 1.86. The van der Waals surface area contributed by atoms with E-state index < -0.39 is 5.95 Å². The molecule has 4 rings (SSSR count). The lowest BCUT2D eigenvalue weighted by atomic mass is 9.97. The van der Waals surface area contributed by atoms with Crippen LogP contribution in [0.15, 0.2) is 30.5 Å². The maximum atomic E-state index is 14.6. The van der Waals surface area contributed by atoms with Gasteiger partial charge in [0.25, 0.3) is 0 Å². The van der Waals surface area contributed by atoms with E-state index in [0.717, 1.165) is 36.5 Å². The zero-order valence-electron chi connectivity index (χ0n) is 13.3. The predicted molar refractivity (Wildman–Crippen MR) is 98.2 cm³/mol. The van der Waals surface area contributed by atoms with E-state index >= 15 is 0 Å². The van der Waals surface area contributed by atoms with Gasteiger partial charge in [-0.3, -0.25) is 0 Å². The van der Waals surface area contributed by atoms with Gasteiger partial charge in [-0.25, -0.2) is 4.98 Å². The van der Waals surface area contributed by atoms with Crippen LogP contribution >= 0.6 is 23.2 Å². The van der Waals surface area contributed by atoms with Crippen molar-refractivity contribution in [2.75, 3.05) is 5.32 Å². The highest BCUT2D eigenvalue weighted by Crippen LogP contribution is 2.44. The van der Waals surface area contributed by atoms with Gasteiger partial charge in [-0.2, -0.15) is 9.49 Å². The van der Waals surface area contributed by atoms with Crippen LogP contribution in [0.3, 0.4) is 0 Å². The predicted octanol–water partition coefficient (Wildman–Crippen LogP) is 5.87. The number of rotatable bonds is 3. The van der Waals surface area contributed by atoms with Crippen LogP contribution in [0.1, 0.15) is 37.2 Å². The highest BCUT2D eigenvalue weighted by molar-refractivity contribution is 6.43. The lowest BCUT2D eigenvalue weighted by Crippen LogP contribution is -2.08. The Bertz CT molecular complexity index is 937. The van der Waals surface area contributed by atoms with Crippen LogP contribution < -0.4 is 5.32 Å². The first-order valence-corrected chi connectivity index (χ1v) is 8.92. The van der Waals surface area contributed by atoms with Gasteiger partial charge in [-0.15, -0.1) is 5.10 Å². The first-order valence-electron chi connectivity index (χ1n) is 8.17. The minimum atomic E-state index is -0.572. The quantitative estimate of drug-likeness (QED) is 0.580. The molecule has 1 aliphatic carbocycles. The summed E-state index contributed by atoms with van der Waals surface area (Å²) in [5.41, 5.74) is 0.929. The minimum absolute atomic E-state index is 0.0587. The van der Waals surface area contributed by atoms with E-state index in [-0.39, 0.29) is 16.1 Å². The fourth-order valence-corrected chi connectivity index (χ4v) is 3.83. The number of anilines is 2. The average molecular weight is 377 g/mol. The van der Waals surface area contributed by atoms with E-state index in [1.165, 1.54) is 0 Å². The highest BCUT2D eigenvalue weighted by Gasteiger charge is 2.28. The highest BCUT2D eigenvalue weighted by atomic mass is 35.5. The summed E-state index contributed by atoms with van der Waals surface area (Å²) in [5.74, 6) is 0.0191. The maximum Gasteiger partial charge on any atom is 0.219 e. The van der Waals surface area contributed by atoms with Gasteiger partial charge in [0.1, 0.15) is 5.02 Å². The zero-order chi connectivity index (χ0) is 17.4. The summed E-state index contributed by atoms with van der Waals surface area (Å²) in [4.78, 5) is 3.77. The number of nitrogens with one attached hydrogen (secondary N) is 1. The number of aromatic nitrogens is 3. The van der Waals surface area contributed by atoms with E-state index in [0.29, 0.717) is 17.1 Å². The number of nitrogens with zero attached hydrogens (tertiary/aromatic N) is 3. The van der Waals surface area contributed by atoms with E-state index in [2.05, 4.69) is 20.5 Å². The molecule has 0 bridgehead atoms. The minimum Gasteiger partial charge on any atom is -0.337 e. The Morgan fingerprint density at radius 2 is 1.88 bits per heavy atom. The third-order valence-corrected chi connectivity index (χ3v) is 5.40. The Hall–Kier alpha value is -1.98. The van der Waals surface area contributed by atoms with E-state index in [4.69, 9.17) is 23.2 Å². The normalized spacial score (nSPS) is 15.0. The van der Waals surface area contributed by atoms with Gasteiger partial charge in [0.05, 0.1) is 11.9 Å². The van der Waals surface area contributed by atoms with E-state index in [9.17, 15) is 4.39 Å². The van der Waals surface area contributed by atoms with Crippen molar-refractivity contribution < 1.29 is 4.39 Å². The van der Waals surface area contributed by atoms with Crippen LogP contribution in [0.2, 0.25) is 10.2 Å². The second-order valence-electron chi connectivity index (χ2n) is 6.18. The molecule has 2 heterocycles. The van der Waals surface area contributed by atoms with Gasteiger partial charge >= 0.3 is 0 Å². The van der Waals surface area contributed by atoms with Crippen molar-refractivity contribution in [1.82, 2.24) is 15.2 Å². The third-order valence-electron chi connectivity index (χ3n) is 4.67. The Labute approximate surface area is 154 Å². The standard InChI is InChI=1S/C18H15Cl2FN4/c19-14-15(13(10-5-1-2-6-10)17(21)24-16(14)20)23-18-12-8-4-3-7-11(12)9-22-25-18/h3-4,7-10H,1-2,5-6H2,(H,23,24,25). The Morgan fingerprint density at radius 3 is 2.68 bits per heavy atom. The molecule has 1 fully saturated rings. The fourth-order valence-electron chi connectivity index (χ4n) is 3.47. The van der Waals surface area contributed by atoms with E-state index in [1.807, 2.05) is 24.3 Å². The molecule has 1 aliphatic rings. The van der Waals surface area contributed by atoms with Crippen molar-refractivity contribution in [1.29, 1.82) is 0 Å². The second kappa shape index (κ2) is 6.73. The number of benzene rings is 1. The number of halogens is 3. The van der Waals surface area contributed by atoms with Crippen molar-refractivity contribution in [3.8, 4) is 0 Å². The summed E-state index contributed by atoms with van der Waals surface area (Å²) in [7, 11) is 0. The summed E-state index contributed by atoms with van der Waals surface area (Å²) < 4.78 is 14.6. The lowest BCUT2D eigenvalue weighted by molar-refractivity contribution is 0.545. The molecule has 25 heavy (non-hydrogen) atoms. The number of fused-ring (bicyclic) bond motifs is 1. The summed E-state index contributed by atoms with van der Waals surface area (Å²) in [6, 6.07) is 7.70. The van der Waals surface area contributed by atoms with Gasteiger partial charge in [0.2, 0.25) is 5.95 Å². The molecule has 128 valence electrons. The maximum absolute atomic E-state index is 14.6. The largest absolute Gasteiger partial charge is 0.337 e. The molecule has 7 heteroatoms. The molecule has 3 aromatic rings. The molecule has 0 aliphatic heterocycles. The van der Waals surface area contributed by atoms with Crippen molar-refractivity contribution in [3.63, 3.8) is 0 Å². The molecule has 1 saturated carbocycles. The molecule has 0 radical (unpaired) electrons. The monoisotopic (exact) mass is 376 g/mol. The Morgan fingerprint density at radius 1 is 1.12 bits per heavy atom. The van der Waals surface area contributed by atoms with Crippen LogP contribution in [-0.4, -0.2) is 15.2 Å². The molecule has 0 unspecified atom stereocenters. The SMILES string of the molecule is Fc1nc(Cl)c(Cl)c(Nc2nncc3ccccc23)c1C1CCCC1. The molecular formula is C18H15Cl2FN4. The van der Waals surface area contributed by atoms with Gasteiger partial charge in [0.15, 0.2) is 11.0 Å². The third kappa shape index (κ3) is 3.02. The lowest BCUT2D eigenvalue weighted by Gasteiger charge is -2.19. The molecule has 2 aromatic heterocycles. The molecule has 0 amide bonds. The van der Waals surface area contributed by atoms with Crippen molar-refractivity contribution in [2.24, 2.45) is 0 Å². The number of hydrogen-bond donors (Lipinski definition) is 1. The van der Waals surface area contributed by atoms with Crippen LogP contribution in [0.25, 0.3) is 10.8 Å². The fraction of sp³-hybridized carbons (Fsp3) is 0.278. The first kappa shape index (κ1) is 16.5. The van der Waals surface area contributed by atoms with Crippen molar-refractivity contribution in [2.45, 2.75) is 31.6 Å². The molecule has 0 spiro atoms. The molecule has 4 nitrogen and oxygen atoms in total. The summed E-state index contributed by atoms with van der Waals surface area (Å²) in [5, 5.41) is 13.3. The van der Waals surface area contributed by atoms with Crippen LogP contribution in [0, 0.1) is 5.95 Å². The number of pyridine rings is 1. The van der Waals surface area contributed by atoms with E-state index in [1.54, 1.807) is 6.20 Å². The second-order valence-corrected chi connectivity index (χ2v) is 6.92. The van der Waals surface area contributed by atoms with Gasteiger partial charge in [-0.05, 0) is 18.8 Å². The van der Waals surface area contributed by atoms with Gasteiger partial charge in [0, 0.05) is 16.3 Å². The Kier molecular flexibility index (Phi) is 4.44. The molecule has 1 N–H and O–H groups in total. The smallest absolute Gasteiger partial charge is 0.219 e. The molecule has 0 saturated heterocycles. The van der Waals surface area contributed by atoms with Crippen molar-refractivity contribution in [3.05, 3.63) is 52.1 Å². The van der Waals surface area contributed by atoms with Gasteiger partial charge < -0.3 is 5.32 Å². The molecular weight excluding hydrogens is 362 g/mol. The van der Waals surface area contributed by atoms with Crippen LogP contribution in [0.5, 0.6) is 0 Å². The topological polar surface area (TPSA) is 50.7 Å². The average Bonchev–Trinajstić information content (AvgIpc) is 3.14. The van der Waals surface area contributed by atoms with Crippen LogP contribution in [-0.2, 0) is 0 Å². The molecule has 0 atom stereocenters. The first-order chi connectivity index (χ1) is 12.1. The van der Waals surface area contributed by atoms with Crippen LogP contribution in [0.4, 0.5) is 15.9 Å². The number of hydrogen-bond acceptors (Lipinski definition) is 4. The summed E-state index contributed by atoms with van der Waals surface area (Å²) in [6.45, 7) is 0. The van der Waals surface area contributed by atoms with Gasteiger partial charge in [-0.1, -0.05) is 60.3 Å². The zero-order valence-corrected chi connectivity index (χ0v) is 14.8. The summed E-state index contributed by atoms with van der Waals surface area (Å²) in [6.07, 6.45) is 5.63.